The summed E-state index contributed by atoms with van der Waals surface area (Å²) in [6, 6.07) is 0. The first kappa shape index (κ1) is 17.4. The van der Waals surface area contributed by atoms with Gasteiger partial charge in [-0.15, -0.1) is 0 Å². The third-order valence-electron chi connectivity index (χ3n) is 5.37. The highest BCUT2D eigenvalue weighted by atomic mass is 16.2. The minimum Gasteiger partial charge on any atom is -0.354 e. The molecule has 3 N–H and O–H groups in total. The Balaban J connectivity index is 2.71. The number of hydrogen-bond acceptors (Lipinski definition) is 3. The van der Waals surface area contributed by atoms with E-state index in [0.717, 1.165) is 31.7 Å². The molecule has 1 aliphatic rings. The van der Waals surface area contributed by atoms with Crippen LogP contribution in [0.15, 0.2) is 0 Å². The van der Waals surface area contributed by atoms with Gasteiger partial charge in [0.15, 0.2) is 0 Å². The standard InChI is InChI=1S/C16H33N3O/c1-6-15(3,11-17)14(20)18-12-16(19(4)5)9-7-8-13(2)10-16/h13H,6-12,17H2,1-5H3,(H,18,20). The first-order valence-electron chi connectivity index (χ1n) is 7.95. The highest BCUT2D eigenvalue weighted by molar-refractivity contribution is 5.82. The minimum absolute atomic E-state index is 0.0990. The summed E-state index contributed by atoms with van der Waals surface area (Å²) in [4.78, 5) is 14.7. The second-order valence-corrected chi connectivity index (χ2v) is 7.12. The van der Waals surface area contributed by atoms with Gasteiger partial charge in [-0.2, -0.15) is 0 Å². The second kappa shape index (κ2) is 6.90. The monoisotopic (exact) mass is 283 g/mol. The third-order valence-corrected chi connectivity index (χ3v) is 5.37. The van der Waals surface area contributed by atoms with Crippen molar-refractivity contribution in [1.29, 1.82) is 0 Å². The highest BCUT2D eigenvalue weighted by Crippen LogP contribution is 2.35. The van der Waals surface area contributed by atoms with Crippen molar-refractivity contribution in [1.82, 2.24) is 10.2 Å². The second-order valence-electron chi connectivity index (χ2n) is 7.12. The van der Waals surface area contributed by atoms with Gasteiger partial charge in [0.2, 0.25) is 5.91 Å². The van der Waals surface area contributed by atoms with Crippen molar-refractivity contribution in [2.45, 2.75) is 58.4 Å². The molecule has 4 nitrogen and oxygen atoms in total. The van der Waals surface area contributed by atoms with Crippen LogP contribution in [-0.4, -0.2) is 43.5 Å². The molecule has 1 rings (SSSR count). The van der Waals surface area contributed by atoms with Crippen LogP contribution < -0.4 is 11.1 Å². The number of amides is 1. The quantitative estimate of drug-likeness (QED) is 0.784. The third kappa shape index (κ3) is 3.73. The average molecular weight is 283 g/mol. The molecule has 0 saturated heterocycles. The zero-order chi connectivity index (χ0) is 15.4. The zero-order valence-electron chi connectivity index (χ0n) is 14.0. The summed E-state index contributed by atoms with van der Waals surface area (Å²) < 4.78 is 0. The molecule has 1 amide bonds. The van der Waals surface area contributed by atoms with Crippen molar-refractivity contribution >= 4 is 5.91 Å². The van der Waals surface area contributed by atoms with Crippen LogP contribution in [0.5, 0.6) is 0 Å². The lowest BCUT2D eigenvalue weighted by atomic mass is 9.75. The van der Waals surface area contributed by atoms with Crippen molar-refractivity contribution in [2.75, 3.05) is 27.2 Å². The summed E-state index contributed by atoms with van der Waals surface area (Å²) in [5.74, 6) is 0.831. The van der Waals surface area contributed by atoms with Gasteiger partial charge >= 0.3 is 0 Å². The van der Waals surface area contributed by atoms with Gasteiger partial charge in [-0.1, -0.05) is 26.7 Å². The number of carbonyl (C=O) groups is 1. The number of nitrogens with one attached hydrogen (secondary N) is 1. The van der Waals surface area contributed by atoms with Crippen molar-refractivity contribution in [3.05, 3.63) is 0 Å². The van der Waals surface area contributed by atoms with Crippen LogP contribution in [0.2, 0.25) is 0 Å². The van der Waals surface area contributed by atoms with Crippen LogP contribution in [0, 0.1) is 11.3 Å². The van der Waals surface area contributed by atoms with Crippen LogP contribution in [-0.2, 0) is 4.79 Å². The maximum atomic E-state index is 12.4. The Hall–Kier alpha value is -0.610. The Labute approximate surface area is 124 Å². The fourth-order valence-corrected chi connectivity index (χ4v) is 3.21. The lowest BCUT2D eigenvalue weighted by molar-refractivity contribution is -0.130. The lowest BCUT2D eigenvalue weighted by Gasteiger charge is -2.45. The number of hydrogen-bond donors (Lipinski definition) is 2. The largest absolute Gasteiger partial charge is 0.354 e. The van der Waals surface area contributed by atoms with E-state index < -0.39 is 5.41 Å². The molecule has 4 heteroatoms. The number of likely N-dealkylation sites (N-methyl/N-ethyl adjacent to an activating group) is 1. The topological polar surface area (TPSA) is 58.4 Å². The Kier molecular flexibility index (Phi) is 6.02. The molecule has 3 unspecified atom stereocenters. The molecule has 0 heterocycles. The summed E-state index contributed by atoms with van der Waals surface area (Å²) >= 11 is 0. The first-order valence-corrected chi connectivity index (χ1v) is 7.95. The molecule has 0 aliphatic heterocycles. The molecule has 0 spiro atoms. The van der Waals surface area contributed by atoms with Gasteiger partial charge in [0.1, 0.15) is 0 Å². The summed E-state index contributed by atoms with van der Waals surface area (Å²) in [5, 5.41) is 3.18. The predicted octanol–water partition coefficient (Wildman–Crippen LogP) is 1.99. The highest BCUT2D eigenvalue weighted by Gasteiger charge is 2.38. The molecule has 3 atom stereocenters. The van der Waals surface area contributed by atoms with E-state index >= 15 is 0 Å². The van der Waals surface area contributed by atoms with Gasteiger partial charge in [-0.3, -0.25) is 4.79 Å². The van der Waals surface area contributed by atoms with Crippen LogP contribution in [0.3, 0.4) is 0 Å². The molecule has 1 aliphatic carbocycles. The van der Waals surface area contributed by atoms with Gasteiger partial charge < -0.3 is 16.0 Å². The van der Waals surface area contributed by atoms with Crippen molar-refractivity contribution in [3.8, 4) is 0 Å². The summed E-state index contributed by atoms with van der Waals surface area (Å²) in [5.41, 5.74) is 5.44. The fraction of sp³-hybridized carbons (Fsp3) is 0.938. The number of nitrogens with two attached hydrogens (primary N) is 1. The Morgan fingerprint density at radius 1 is 1.50 bits per heavy atom. The Morgan fingerprint density at radius 3 is 2.60 bits per heavy atom. The van der Waals surface area contributed by atoms with E-state index in [9.17, 15) is 4.79 Å². The zero-order valence-corrected chi connectivity index (χ0v) is 14.0. The van der Waals surface area contributed by atoms with E-state index in [-0.39, 0.29) is 11.4 Å². The maximum absolute atomic E-state index is 12.4. The van der Waals surface area contributed by atoms with E-state index in [0.29, 0.717) is 6.54 Å². The minimum atomic E-state index is -0.437. The molecule has 1 saturated carbocycles. The molecule has 0 bridgehead atoms. The normalized spacial score (nSPS) is 30.1. The molecule has 0 radical (unpaired) electrons. The first-order chi connectivity index (χ1) is 9.29. The van der Waals surface area contributed by atoms with Gasteiger partial charge in [-0.05, 0) is 46.2 Å². The van der Waals surface area contributed by atoms with Crippen molar-refractivity contribution in [2.24, 2.45) is 17.1 Å². The van der Waals surface area contributed by atoms with Gasteiger partial charge in [0.05, 0.1) is 5.41 Å². The summed E-state index contributed by atoms with van der Waals surface area (Å²) in [6.45, 7) is 7.43. The van der Waals surface area contributed by atoms with Crippen LogP contribution in [0.25, 0.3) is 0 Å². The molecule has 20 heavy (non-hydrogen) atoms. The van der Waals surface area contributed by atoms with E-state index in [1.165, 1.54) is 12.8 Å². The molecular weight excluding hydrogens is 250 g/mol. The van der Waals surface area contributed by atoms with Gasteiger partial charge in [0.25, 0.3) is 0 Å². The summed E-state index contributed by atoms with van der Waals surface area (Å²) in [7, 11) is 4.26. The molecule has 0 aromatic rings. The number of nitrogens with zero attached hydrogens (tertiary/aromatic N) is 1. The Morgan fingerprint density at radius 2 is 2.15 bits per heavy atom. The van der Waals surface area contributed by atoms with E-state index in [1.807, 2.05) is 13.8 Å². The van der Waals surface area contributed by atoms with Crippen LogP contribution >= 0.6 is 0 Å². The molecular formula is C16H33N3O. The maximum Gasteiger partial charge on any atom is 0.227 e. The predicted molar refractivity (Wildman–Crippen MR) is 84.5 cm³/mol. The molecule has 1 fully saturated rings. The fourth-order valence-electron chi connectivity index (χ4n) is 3.21. The SMILES string of the molecule is CCC(C)(CN)C(=O)NCC1(N(C)C)CCCC(C)C1. The molecule has 0 aromatic heterocycles. The van der Waals surface area contributed by atoms with Crippen LogP contribution in [0.4, 0.5) is 0 Å². The van der Waals surface area contributed by atoms with E-state index in [1.54, 1.807) is 0 Å². The van der Waals surface area contributed by atoms with Crippen molar-refractivity contribution < 1.29 is 4.79 Å². The lowest BCUT2D eigenvalue weighted by Crippen LogP contribution is -2.57. The van der Waals surface area contributed by atoms with Crippen molar-refractivity contribution in [3.63, 3.8) is 0 Å². The van der Waals surface area contributed by atoms with E-state index in [4.69, 9.17) is 5.73 Å². The van der Waals surface area contributed by atoms with Gasteiger partial charge in [-0.25, -0.2) is 0 Å². The molecule has 118 valence electrons. The van der Waals surface area contributed by atoms with Gasteiger partial charge in [0, 0.05) is 18.6 Å². The molecule has 0 aromatic carbocycles. The Bertz CT molecular complexity index is 326. The van der Waals surface area contributed by atoms with E-state index in [2.05, 4.69) is 31.2 Å². The number of rotatable bonds is 6. The van der Waals surface area contributed by atoms with Crippen LogP contribution in [0.1, 0.15) is 52.9 Å². The number of carbonyl (C=O) groups excluding carboxylic acids is 1. The average Bonchev–Trinajstić information content (AvgIpc) is 2.43. The summed E-state index contributed by atoms with van der Waals surface area (Å²) in [6.07, 6.45) is 5.65. The smallest absolute Gasteiger partial charge is 0.227 e.